The molecule has 0 aromatic heterocycles. The normalized spacial score (nSPS) is 24.1. The van der Waals surface area contributed by atoms with Crippen LogP contribution in [0.3, 0.4) is 0 Å². The van der Waals surface area contributed by atoms with Crippen molar-refractivity contribution in [3.05, 3.63) is 0 Å². The molecular weight excluding hydrogens is 358 g/mol. The summed E-state index contributed by atoms with van der Waals surface area (Å²) in [5.74, 6) is -0.220. The number of amides is 2. The number of rotatable bonds is 8. The first-order chi connectivity index (χ1) is 13.1. The Morgan fingerprint density at radius 1 is 1.18 bits per heavy atom. The molecule has 2 fully saturated rings. The SMILES string of the molecule is CCC(C)CC(=O)N1CCC2(CC1)NC(CC(C)C)C(=O)N2C(CC)C(=O)O. The maximum Gasteiger partial charge on any atom is 0.326 e. The van der Waals surface area contributed by atoms with Gasteiger partial charge in [-0.1, -0.05) is 41.0 Å². The van der Waals surface area contributed by atoms with Gasteiger partial charge in [0.05, 0.1) is 11.7 Å². The summed E-state index contributed by atoms with van der Waals surface area (Å²) in [5.41, 5.74) is -0.664. The van der Waals surface area contributed by atoms with Gasteiger partial charge in [-0.2, -0.15) is 0 Å². The average molecular weight is 396 g/mol. The fourth-order valence-corrected chi connectivity index (χ4v) is 4.47. The van der Waals surface area contributed by atoms with Crippen LogP contribution in [0.5, 0.6) is 0 Å². The molecule has 3 atom stereocenters. The molecular formula is C21H37N3O4. The summed E-state index contributed by atoms with van der Waals surface area (Å²) < 4.78 is 0. The minimum atomic E-state index is -0.961. The number of carboxylic acids is 1. The van der Waals surface area contributed by atoms with Crippen molar-refractivity contribution >= 4 is 17.8 Å². The van der Waals surface area contributed by atoms with E-state index in [4.69, 9.17) is 0 Å². The van der Waals surface area contributed by atoms with Gasteiger partial charge in [-0.05, 0) is 24.7 Å². The Morgan fingerprint density at radius 3 is 2.25 bits per heavy atom. The van der Waals surface area contributed by atoms with E-state index in [1.165, 1.54) is 0 Å². The number of carbonyl (C=O) groups excluding carboxylic acids is 2. The highest BCUT2D eigenvalue weighted by molar-refractivity contribution is 5.90. The first-order valence-corrected chi connectivity index (χ1v) is 10.8. The van der Waals surface area contributed by atoms with Crippen molar-refractivity contribution in [1.29, 1.82) is 0 Å². The number of hydrogen-bond donors (Lipinski definition) is 2. The van der Waals surface area contributed by atoms with E-state index in [2.05, 4.69) is 33.0 Å². The smallest absolute Gasteiger partial charge is 0.326 e. The van der Waals surface area contributed by atoms with Crippen LogP contribution in [-0.4, -0.2) is 63.5 Å². The zero-order chi connectivity index (χ0) is 21.1. The van der Waals surface area contributed by atoms with Crippen molar-refractivity contribution in [1.82, 2.24) is 15.1 Å². The van der Waals surface area contributed by atoms with Gasteiger partial charge in [0.1, 0.15) is 6.04 Å². The summed E-state index contributed by atoms with van der Waals surface area (Å²) in [6, 6.07) is -1.18. The first kappa shape index (κ1) is 22.7. The molecule has 0 aliphatic carbocycles. The van der Waals surface area contributed by atoms with Crippen molar-refractivity contribution in [2.24, 2.45) is 11.8 Å². The molecule has 160 valence electrons. The summed E-state index contributed by atoms with van der Waals surface area (Å²) >= 11 is 0. The molecule has 0 bridgehead atoms. The van der Waals surface area contributed by atoms with Gasteiger partial charge >= 0.3 is 5.97 Å². The van der Waals surface area contributed by atoms with Gasteiger partial charge in [0.2, 0.25) is 11.8 Å². The van der Waals surface area contributed by atoms with E-state index in [9.17, 15) is 19.5 Å². The molecule has 0 saturated carbocycles. The van der Waals surface area contributed by atoms with Gasteiger partial charge < -0.3 is 14.9 Å². The Kier molecular flexibility index (Phi) is 7.48. The zero-order valence-corrected chi connectivity index (χ0v) is 18.0. The van der Waals surface area contributed by atoms with E-state index in [0.717, 1.165) is 6.42 Å². The lowest BCUT2D eigenvalue weighted by Crippen LogP contribution is -2.63. The molecule has 3 unspecified atom stereocenters. The molecule has 2 saturated heterocycles. The third-order valence-corrected chi connectivity index (χ3v) is 6.29. The van der Waals surface area contributed by atoms with Crippen LogP contribution in [-0.2, 0) is 14.4 Å². The van der Waals surface area contributed by atoms with Crippen LogP contribution in [0.15, 0.2) is 0 Å². The number of nitrogens with zero attached hydrogens (tertiary/aromatic N) is 2. The topological polar surface area (TPSA) is 90.0 Å². The lowest BCUT2D eigenvalue weighted by atomic mass is 9.93. The molecule has 2 heterocycles. The maximum absolute atomic E-state index is 13.1. The molecule has 7 heteroatoms. The predicted octanol–water partition coefficient (Wildman–Crippen LogP) is 2.45. The van der Waals surface area contributed by atoms with Gasteiger partial charge in [-0.15, -0.1) is 0 Å². The number of aliphatic carboxylic acids is 1. The number of carboxylic acid groups (broad SMARTS) is 1. The highest BCUT2D eigenvalue weighted by atomic mass is 16.4. The van der Waals surface area contributed by atoms with E-state index < -0.39 is 17.7 Å². The molecule has 2 N–H and O–H groups in total. The van der Waals surface area contributed by atoms with Crippen LogP contribution >= 0.6 is 0 Å². The summed E-state index contributed by atoms with van der Waals surface area (Å²) in [6.45, 7) is 11.2. The van der Waals surface area contributed by atoms with Gasteiger partial charge in [0.15, 0.2) is 0 Å². The number of hydrogen-bond acceptors (Lipinski definition) is 4. The van der Waals surface area contributed by atoms with E-state index in [1.54, 1.807) is 11.8 Å². The fraction of sp³-hybridized carbons (Fsp3) is 0.857. The number of nitrogens with one attached hydrogen (secondary N) is 1. The summed E-state index contributed by atoms with van der Waals surface area (Å²) in [4.78, 5) is 41.0. The molecule has 0 radical (unpaired) electrons. The van der Waals surface area contributed by atoms with Gasteiger partial charge in [0, 0.05) is 32.4 Å². The molecule has 2 rings (SSSR count). The third kappa shape index (κ3) is 4.67. The number of likely N-dealkylation sites (tertiary alicyclic amines) is 1. The van der Waals surface area contributed by atoms with Crippen molar-refractivity contribution in [2.45, 2.75) is 90.9 Å². The molecule has 2 amide bonds. The van der Waals surface area contributed by atoms with Crippen LogP contribution in [0, 0.1) is 11.8 Å². The standard InChI is InChI=1S/C21H37N3O4/c1-6-15(5)13-18(25)23-10-8-21(9-11-23)22-16(12-14(3)4)19(26)24(21)17(7-2)20(27)28/h14-17,22H,6-13H2,1-5H3,(H,27,28). The van der Waals surface area contributed by atoms with Crippen LogP contribution < -0.4 is 5.32 Å². The summed E-state index contributed by atoms with van der Waals surface area (Å²) in [6.07, 6.45) is 3.72. The molecule has 2 aliphatic rings. The molecule has 1 spiro atoms. The highest BCUT2D eigenvalue weighted by Crippen LogP contribution is 2.36. The van der Waals surface area contributed by atoms with Crippen LogP contribution in [0.4, 0.5) is 0 Å². The third-order valence-electron chi connectivity index (χ3n) is 6.29. The second kappa shape index (κ2) is 9.25. The number of piperidine rings is 1. The first-order valence-electron chi connectivity index (χ1n) is 10.8. The highest BCUT2D eigenvalue weighted by Gasteiger charge is 2.55. The van der Waals surface area contributed by atoms with Crippen molar-refractivity contribution < 1.29 is 19.5 Å². The Labute approximate surface area is 168 Å². The van der Waals surface area contributed by atoms with Crippen molar-refractivity contribution in [3.63, 3.8) is 0 Å². The van der Waals surface area contributed by atoms with Crippen LogP contribution in [0.1, 0.15) is 73.1 Å². The van der Waals surface area contributed by atoms with Crippen LogP contribution in [0.25, 0.3) is 0 Å². The molecule has 0 aromatic carbocycles. The molecule has 7 nitrogen and oxygen atoms in total. The Hall–Kier alpha value is -1.63. The minimum absolute atomic E-state index is 0.109. The largest absolute Gasteiger partial charge is 0.480 e. The van der Waals surface area contributed by atoms with Gasteiger partial charge in [-0.25, -0.2) is 4.79 Å². The van der Waals surface area contributed by atoms with E-state index in [1.807, 2.05) is 4.90 Å². The monoisotopic (exact) mass is 395 g/mol. The lowest BCUT2D eigenvalue weighted by Gasteiger charge is -2.46. The summed E-state index contributed by atoms with van der Waals surface area (Å²) in [7, 11) is 0. The fourth-order valence-electron chi connectivity index (χ4n) is 4.47. The van der Waals surface area contributed by atoms with E-state index in [-0.39, 0.29) is 17.9 Å². The van der Waals surface area contributed by atoms with E-state index in [0.29, 0.717) is 57.0 Å². The molecule has 28 heavy (non-hydrogen) atoms. The van der Waals surface area contributed by atoms with Gasteiger partial charge in [-0.3, -0.25) is 14.9 Å². The zero-order valence-electron chi connectivity index (χ0n) is 18.0. The minimum Gasteiger partial charge on any atom is -0.480 e. The second-order valence-corrected chi connectivity index (χ2v) is 8.93. The summed E-state index contributed by atoms with van der Waals surface area (Å²) in [5, 5.41) is 13.2. The average Bonchev–Trinajstić information content (AvgIpc) is 2.87. The Balaban J connectivity index is 2.19. The van der Waals surface area contributed by atoms with Crippen LogP contribution in [0.2, 0.25) is 0 Å². The van der Waals surface area contributed by atoms with E-state index >= 15 is 0 Å². The van der Waals surface area contributed by atoms with Gasteiger partial charge in [0.25, 0.3) is 0 Å². The Bertz CT molecular complexity index is 584. The molecule has 2 aliphatic heterocycles. The molecule has 0 aromatic rings. The predicted molar refractivity (Wildman–Crippen MR) is 108 cm³/mol. The maximum atomic E-state index is 13.1. The quantitative estimate of drug-likeness (QED) is 0.659. The Morgan fingerprint density at radius 2 is 1.79 bits per heavy atom. The van der Waals surface area contributed by atoms with Crippen molar-refractivity contribution in [2.75, 3.05) is 13.1 Å². The second-order valence-electron chi connectivity index (χ2n) is 8.93. The van der Waals surface area contributed by atoms with Crippen molar-refractivity contribution in [3.8, 4) is 0 Å². The lowest BCUT2D eigenvalue weighted by molar-refractivity contribution is -0.155. The number of carbonyl (C=O) groups is 3.